The van der Waals surface area contributed by atoms with Gasteiger partial charge < -0.3 is 9.30 Å². The topological polar surface area (TPSA) is 46.8 Å². The first-order chi connectivity index (χ1) is 14.2. The van der Waals surface area contributed by atoms with Crippen LogP contribution in [-0.4, -0.2) is 40.3 Å². The molecule has 29 heavy (non-hydrogen) atoms. The Hall–Kier alpha value is -2.31. The summed E-state index contributed by atoms with van der Waals surface area (Å²) in [5, 5.41) is 0.711. The smallest absolute Gasteiger partial charge is 0.266 e. The van der Waals surface area contributed by atoms with Crippen LogP contribution in [0.15, 0.2) is 58.7 Å². The molecule has 4 rings (SSSR count). The van der Waals surface area contributed by atoms with E-state index in [-0.39, 0.29) is 5.91 Å². The van der Waals surface area contributed by atoms with Crippen molar-refractivity contribution in [3.8, 4) is 0 Å². The van der Waals surface area contributed by atoms with Gasteiger partial charge in [0.2, 0.25) is 0 Å². The summed E-state index contributed by atoms with van der Waals surface area (Å²) in [7, 11) is 0. The van der Waals surface area contributed by atoms with E-state index in [1.807, 2.05) is 43.3 Å². The summed E-state index contributed by atoms with van der Waals surface area (Å²) < 4.78 is 7.78. The third-order valence-electron chi connectivity index (χ3n) is 5.31. The summed E-state index contributed by atoms with van der Waals surface area (Å²) in [6.07, 6.45) is 11.4. The van der Waals surface area contributed by atoms with E-state index in [9.17, 15) is 4.79 Å². The number of para-hydroxylation sites is 1. The normalized spacial score (nSPS) is 20.4. The number of aliphatic imine (C=N–C) groups is 1. The number of benzene rings is 1. The number of carbonyl (C=O) groups is 1. The molecule has 0 bridgehead atoms. The zero-order valence-corrected chi connectivity index (χ0v) is 17.6. The van der Waals surface area contributed by atoms with Gasteiger partial charge in [0, 0.05) is 25.0 Å². The first-order valence-corrected chi connectivity index (χ1v) is 11.2. The summed E-state index contributed by atoms with van der Waals surface area (Å²) in [6, 6.07) is 12.5. The van der Waals surface area contributed by atoms with Crippen LogP contribution in [-0.2, 0) is 9.53 Å². The summed E-state index contributed by atoms with van der Waals surface area (Å²) in [5.74, 6) is -0.00185. The fourth-order valence-corrected chi connectivity index (χ4v) is 4.82. The van der Waals surface area contributed by atoms with Crippen LogP contribution in [0, 0.1) is 0 Å². The Balaban J connectivity index is 1.56. The number of amidine groups is 1. The van der Waals surface area contributed by atoms with Gasteiger partial charge in [0.05, 0.1) is 23.7 Å². The zero-order valence-electron chi connectivity index (χ0n) is 16.8. The highest BCUT2D eigenvalue weighted by atomic mass is 32.2. The molecule has 0 radical (unpaired) electrons. The molecule has 1 aromatic heterocycles. The van der Waals surface area contributed by atoms with Gasteiger partial charge in [-0.1, -0.05) is 31.0 Å². The zero-order chi connectivity index (χ0) is 20.1. The predicted octanol–water partition coefficient (Wildman–Crippen LogP) is 5.24. The molecule has 2 fully saturated rings. The van der Waals surface area contributed by atoms with E-state index >= 15 is 0 Å². The molecule has 1 saturated carbocycles. The van der Waals surface area contributed by atoms with E-state index in [0.29, 0.717) is 35.9 Å². The monoisotopic (exact) mass is 409 g/mol. The van der Waals surface area contributed by atoms with Crippen LogP contribution in [0.2, 0.25) is 0 Å². The second-order valence-electron chi connectivity index (χ2n) is 7.32. The van der Waals surface area contributed by atoms with Gasteiger partial charge in [-0.3, -0.25) is 9.69 Å². The van der Waals surface area contributed by atoms with Crippen LogP contribution < -0.4 is 0 Å². The Bertz CT molecular complexity index is 898. The number of hydrogen-bond acceptors (Lipinski definition) is 4. The van der Waals surface area contributed by atoms with Gasteiger partial charge in [-0.15, -0.1) is 0 Å². The number of carbonyl (C=O) groups excluding carboxylic acids is 1. The van der Waals surface area contributed by atoms with Crippen LogP contribution in [0.4, 0.5) is 5.69 Å². The average Bonchev–Trinajstić information content (AvgIpc) is 3.47. The van der Waals surface area contributed by atoms with Gasteiger partial charge in [-0.05, 0) is 61.4 Å². The molecule has 5 nitrogen and oxygen atoms in total. The minimum Gasteiger partial charge on any atom is -0.380 e. The highest BCUT2D eigenvalue weighted by molar-refractivity contribution is 8.18. The van der Waals surface area contributed by atoms with Crippen molar-refractivity contribution < 1.29 is 9.53 Å². The number of hydrogen-bond donors (Lipinski definition) is 0. The Morgan fingerprint density at radius 2 is 2.00 bits per heavy atom. The second-order valence-corrected chi connectivity index (χ2v) is 8.33. The molecule has 1 saturated heterocycles. The first kappa shape index (κ1) is 20.0. The van der Waals surface area contributed by atoms with Crippen molar-refractivity contribution >= 4 is 34.6 Å². The Kier molecular flexibility index (Phi) is 6.52. The molecular weight excluding hydrogens is 382 g/mol. The van der Waals surface area contributed by atoms with Crippen LogP contribution in [0.5, 0.6) is 0 Å². The molecule has 1 amide bonds. The third kappa shape index (κ3) is 4.82. The number of aromatic nitrogens is 1. The molecule has 0 atom stereocenters. The fourth-order valence-electron chi connectivity index (χ4n) is 3.80. The lowest BCUT2D eigenvalue weighted by molar-refractivity contribution is -0.122. The summed E-state index contributed by atoms with van der Waals surface area (Å²) in [6.45, 7) is 3.60. The van der Waals surface area contributed by atoms with Crippen LogP contribution in [0.25, 0.3) is 6.08 Å². The van der Waals surface area contributed by atoms with E-state index in [0.717, 1.165) is 11.3 Å². The molecule has 1 aliphatic heterocycles. The molecule has 152 valence electrons. The minimum absolute atomic E-state index is 0.00185. The summed E-state index contributed by atoms with van der Waals surface area (Å²) in [4.78, 5) is 20.2. The number of thioether (sulfide) groups is 1. The van der Waals surface area contributed by atoms with Gasteiger partial charge in [0.25, 0.3) is 5.91 Å². The molecule has 0 N–H and O–H groups in total. The molecule has 6 heteroatoms. The van der Waals surface area contributed by atoms with Gasteiger partial charge in [-0.25, -0.2) is 4.99 Å². The summed E-state index contributed by atoms with van der Waals surface area (Å²) >= 11 is 1.44. The van der Waals surface area contributed by atoms with E-state index in [4.69, 9.17) is 9.73 Å². The van der Waals surface area contributed by atoms with Gasteiger partial charge in [-0.2, -0.15) is 0 Å². The number of amides is 1. The predicted molar refractivity (Wildman–Crippen MR) is 119 cm³/mol. The molecular formula is C23H27N3O2S. The van der Waals surface area contributed by atoms with Crippen LogP contribution in [0.3, 0.4) is 0 Å². The molecule has 1 aliphatic carbocycles. The molecule has 0 spiro atoms. The third-order valence-corrected chi connectivity index (χ3v) is 6.32. The standard InChI is InChI=1S/C23H27N3O2S/c1-2-28-15-14-26-22(27)21(29-23(26)24-19-8-4-3-5-9-19)16-18-12-13-25(17-18)20-10-6-7-11-20/h3-5,8-9,12-13,16-17,20H,2,6-7,10-11,14-15H2,1H3/b21-16+,24-23?. The maximum atomic E-state index is 13.1. The van der Waals surface area contributed by atoms with Crippen molar-refractivity contribution in [2.45, 2.75) is 38.6 Å². The SMILES string of the molecule is CCOCCN1C(=O)/C(=C\c2ccn(C3CCCC3)c2)SC1=Nc1ccccc1. The molecule has 2 aliphatic rings. The highest BCUT2D eigenvalue weighted by Crippen LogP contribution is 2.35. The molecule has 1 aromatic carbocycles. The highest BCUT2D eigenvalue weighted by Gasteiger charge is 2.33. The van der Waals surface area contributed by atoms with Crippen LogP contribution in [0.1, 0.15) is 44.2 Å². The second kappa shape index (κ2) is 9.46. The Morgan fingerprint density at radius 3 is 2.76 bits per heavy atom. The van der Waals surface area contributed by atoms with E-state index < -0.39 is 0 Å². The van der Waals surface area contributed by atoms with Crippen molar-refractivity contribution in [2.24, 2.45) is 4.99 Å². The van der Waals surface area contributed by atoms with Crippen LogP contribution >= 0.6 is 11.8 Å². The van der Waals surface area contributed by atoms with E-state index in [2.05, 4.69) is 23.0 Å². The van der Waals surface area contributed by atoms with Crippen molar-refractivity contribution in [3.05, 3.63) is 59.3 Å². The average molecular weight is 410 g/mol. The van der Waals surface area contributed by atoms with Crippen molar-refractivity contribution in [2.75, 3.05) is 19.8 Å². The molecule has 2 heterocycles. The number of rotatable bonds is 7. The van der Waals surface area contributed by atoms with Crippen molar-refractivity contribution in [3.63, 3.8) is 0 Å². The molecule has 2 aromatic rings. The maximum absolute atomic E-state index is 13.1. The van der Waals surface area contributed by atoms with Crippen molar-refractivity contribution in [1.82, 2.24) is 9.47 Å². The maximum Gasteiger partial charge on any atom is 0.266 e. The quantitative estimate of drug-likeness (QED) is 0.464. The largest absolute Gasteiger partial charge is 0.380 e. The van der Waals surface area contributed by atoms with Crippen molar-refractivity contribution in [1.29, 1.82) is 0 Å². The fraction of sp³-hybridized carbons (Fsp3) is 0.391. The lowest BCUT2D eigenvalue weighted by Crippen LogP contribution is -2.32. The van der Waals surface area contributed by atoms with Gasteiger partial charge >= 0.3 is 0 Å². The number of nitrogens with zero attached hydrogens (tertiary/aromatic N) is 3. The van der Waals surface area contributed by atoms with E-state index in [1.54, 1.807) is 4.90 Å². The summed E-state index contributed by atoms with van der Waals surface area (Å²) in [5.41, 5.74) is 1.91. The molecule has 0 unspecified atom stereocenters. The first-order valence-electron chi connectivity index (χ1n) is 10.3. The van der Waals surface area contributed by atoms with Gasteiger partial charge in [0.15, 0.2) is 5.17 Å². The minimum atomic E-state index is -0.00185. The lowest BCUT2D eigenvalue weighted by atomic mass is 10.2. The van der Waals surface area contributed by atoms with E-state index in [1.165, 1.54) is 37.4 Å². The van der Waals surface area contributed by atoms with Gasteiger partial charge in [0.1, 0.15) is 0 Å². The lowest BCUT2D eigenvalue weighted by Gasteiger charge is -2.15. The Morgan fingerprint density at radius 1 is 1.21 bits per heavy atom. The number of ether oxygens (including phenoxy) is 1. The Labute approximate surface area is 176 Å².